The summed E-state index contributed by atoms with van der Waals surface area (Å²) < 4.78 is 0. The molecule has 0 rings (SSSR count). The highest BCUT2D eigenvalue weighted by Gasteiger charge is 2.14. The van der Waals surface area contributed by atoms with Gasteiger partial charge in [0.1, 0.15) is 12.1 Å². The van der Waals surface area contributed by atoms with Crippen LogP contribution in [0.1, 0.15) is 12.8 Å². The van der Waals surface area contributed by atoms with E-state index in [0.717, 1.165) is 6.21 Å². The lowest BCUT2D eigenvalue weighted by atomic mass is 10.1. The molecule has 6 heteroatoms. The number of nitrogens with two attached hydrogens (primary N) is 1. The Balaban J connectivity index is 3.67. The van der Waals surface area contributed by atoms with Crippen molar-refractivity contribution in [2.24, 2.45) is 5.73 Å². The van der Waals surface area contributed by atoms with Crippen molar-refractivity contribution in [3.05, 3.63) is 5.53 Å². The molecular weight excluding hydrogens is 162 g/mol. The standard InChI is InChI=1S/C6H11N3O3/c7-5(6(11)12)2-1-4(10)3-9-8/h3-5,10H,1-2,7H2,(H,11,12). The van der Waals surface area contributed by atoms with E-state index in [0.29, 0.717) is 0 Å². The van der Waals surface area contributed by atoms with Crippen molar-refractivity contribution in [3.8, 4) is 0 Å². The molecule has 0 aromatic heterocycles. The minimum absolute atomic E-state index is 0.141. The number of nitrogens with zero attached hydrogens (tertiary/aromatic N) is 2. The zero-order chi connectivity index (χ0) is 9.56. The number of aliphatic carboxylic acids is 1. The molecule has 4 N–H and O–H groups in total. The van der Waals surface area contributed by atoms with Crippen molar-refractivity contribution in [1.29, 1.82) is 0 Å². The summed E-state index contributed by atoms with van der Waals surface area (Å²) in [7, 11) is 0. The predicted molar refractivity (Wildman–Crippen MR) is 40.5 cm³/mol. The fourth-order valence-electron chi connectivity index (χ4n) is 0.625. The van der Waals surface area contributed by atoms with Crippen LogP contribution < -0.4 is 5.73 Å². The Labute approximate surface area is 69.2 Å². The first kappa shape index (κ1) is 10.8. The van der Waals surface area contributed by atoms with Crippen LogP contribution in [0.4, 0.5) is 0 Å². The maximum atomic E-state index is 10.2. The Bertz CT molecular complexity index is 192. The van der Waals surface area contributed by atoms with Gasteiger partial charge in [0, 0.05) is 0 Å². The van der Waals surface area contributed by atoms with Crippen LogP contribution in [0, 0.1) is 0 Å². The van der Waals surface area contributed by atoms with Crippen LogP contribution in [0.2, 0.25) is 0 Å². The lowest BCUT2D eigenvalue weighted by molar-refractivity contribution is -0.138. The minimum atomic E-state index is -1.11. The molecule has 0 amide bonds. The van der Waals surface area contributed by atoms with Gasteiger partial charge in [0.15, 0.2) is 0 Å². The van der Waals surface area contributed by atoms with Crippen LogP contribution in [0.25, 0.3) is 5.53 Å². The molecule has 6 nitrogen and oxygen atoms in total. The number of carbonyl (C=O) groups is 1. The maximum Gasteiger partial charge on any atom is 0.320 e. The molecule has 68 valence electrons. The van der Waals surface area contributed by atoms with Crippen molar-refractivity contribution in [2.45, 2.75) is 25.0 Å². The third-order valence-corrected chi connectivity index (χ3v) is 1.33. The van der Waals surface area contributed by atoms with Gasteiger partial charge in [0.05, 0.1) is 0 Å². The second kappa shape index (κ2) is 5.42. The van der Waals surface area contributed by atoms with E-state index in [-0.39, 0.29) is 12.8 Å². The largest absolute Gasteiger partial charge is 0.480 e. The van der Waals surface area contributed by atoms with Crippen LogP contribution in [-0.4, -0.2) is 39.3 Å². The van der Waals surface area contributed by atoms with E-state index in [1.807, 2.05) is 0 Å². The molecule has 0 aliphatic heterocycles. The zero-order valence-electron chi connectivity index (χ0n) is 6.42. The van der Waals surface area contributed by atoms with Crippen LogP contribution in [0.3, 0.4) is 0 Å². The van der Waals surface area contributed by atoms with Crippen LogP contribution in [-0.2, 0) is 4.79 Å². The smallest absolute Gasteiger partial charge is 0.320 e. The second-order valence-corrected chi connectivity index (χ2v) is 2.35. The van der Waals surface area contributed by atoms with E-state index in [1.54, 1.807) is 0 Å². The highest BCUT2D eigenvalue weighted by molar-refractivity contribution is 5.73. The molecule has 0 fully saturated rings. The second-order valence-electron chi connectivity index (χ2n) is 2.35. The highest BCUT2D eigenvalue weighted by Crippen LogP contribution is 1.97. The summed E-state index contributed by atoms with van der Waals surface area (Å²) in [6.07, 6.45) is 0.273. The predicted octanol–water partition coefficient (Wildman–Crippen LogP) is -1.16. The topological polar surface area (TPSA) is 120 Å². The monoisotopic (exact) mass is 173 g/mol. The molecule has 0 aliphatic rings. The van der Waals surface area contributed by atoms with Gasteiger partial charge in [0.25, 0.3) is 6.21 Å². The van der Waals surface area contributed by atoms with Crippen LogP contribution >= 0.6 is 0 Å². The summed E-state index contributed by atoms with van der Waals surface area (Å²) in [4.78, 5) is 12.8. The number of carboxylic acid groups (broad SMARTS) is 1. The highest BCUT2D eigenvalue weighted by atomic mass is 16.4. The SMILES string of the molecule is [N-]=[N+]=CC(O)CCC(N)C(=O)O. The van der Waals surface area contributed by atoms with E-state index in [9.17, 15) is 4.79 Å². The molecule has 2 unspecified atom stereocenters. The third-order valence-electron chi connectivity index (χ3n) is 1.33. The number of aliphatic hydroxyl groups excluding tert-OH is 1. The molecular formula is C6H11N3O3. The number of hydrogen-bond donors (Lipinski definition) is 3. The van der Waals surface area contributed by atoms with Gasteiger partial charge in [0.2, 0.25) is 0 Å². The van der Waals surface area contributed by atoms with Crippen molar-refractivity contribution in [1.82, 2.24) is 0 Å². The average molecular weight is 173 g/mol. The summed E-state index contributed by atoms with van der Waals surface area (Å²) >= 11 is 0. The Morgan fingerprint density at radius 2 is 2.25 bits per heavy atom. The maximum absolute atomic E-state index is 10.2. The summed E-state index contributed by atoms with van der Waals surface area (Å²) in [6, 6.07) is -0.980. The van der Waals surface area contributed by atoms with Gasteiger partial charge in [-0.15, -0.1) is 0 Å². The van der Waals surface area contributed by atoms with Crippen molar-refractivity contribution < 1.29 is 19.8 Å². The fourth-order valence-corrected chi connectivity index (χ4v) is 0.625. The molecule has 12 heavy (non-hydrogen) atoms. The zero-order valence-corrected chi connectivity index (χ0v) is 6.42. The first-order valence-corrected chi connectivity index (χ1v) is 3.42. The Morgan fingerprint density at radius 1 is 1.67 bits per heavy atom. The number of carboxylic acids is 1. The molecule has 0 radical (unpaired) electrons. The van der Waals surface area contributed by atoms with Gasteiger partial charge < -0.3 is 21.5 Å². The normalized spacial score (nSPS) is 14.5. The van der Waals surface area contributed by atoms with Crippen molar-refractivity contribution >= 4 is 12.2 Å². The van der Waals surface area contributed by atoms with Crippen LogP contribution in [0.15, 0.2) is 0 Å². The van der Waals surface area contributed by atoms with E-state index in [4.69, 9.17) is 21.5 Å². The fraction of sp³-hybridized carbons (Fsp3) is 0.667. The van der Waals surface area contributed by atoms with Crippen molar-refractivity contribution in [2.75, 3.05) is 0 Å². The van der Waals surface area contributed by atoms with Gasteiger partial charge >= 0.3 is 5.97 Å². The number of aliphatic hydroxyl groups is 1. The average Bonchev–Trinajstić information content (AvgIpc) is 2.00. The van der Waals surface area contributed by atoms with Gasteiger partial charge in [-0.25, -0.2) is 0 Å². The molecule has 2 atom stereocenters. The first-order chi connectivity index (χ1) is 5.57. The molecule has 0 saturated heterocycles. The molecule has 0 aliphatic carbocycles. The molecule has 0 aromatic carbocycles. The minimum Gasteiger partial charge on any atom is -0.480 e. The lowest BCUT2D eigenvalue weighted by Crippen LogP contribution is -2.31. The molecule has 0 bridgehead atoms. The van der Waals surface area contributed by atoms with E-state index < -0.39 is 18.1 Å². The Hall–Kier alpha value is -1.23. The summed E-state index contributed by atoms with van der Waals surface area (Å²) in [5, 5.41) is 17.3. The number of hydrogen-bond acceptors (Lipinski definition) is 3. The molecule has 0 saturated carbocycles. The van der Waals surface area contributed by atoms with Gasteiger partial charge in [-0.05, 0) is 12.8 Å². The third kappa shape index (κ3) is 4.56. The number of rotatable bonds is 5. The lowest BCUT2D eigenvalue weighted by Gasteiger charge is -2.05. The summed E-state index contributed by atoms with van der Waals surface area (Å²) in [5.41, 5.74) is 13.1. The van der Waals surface area contributed by atoms with E-state index in [1.165, 1.54) is 0 Å². The quantitative estimate of drug-likeness (QED) is 0.276. The van der Waals surface area contributed by atoms with Crippen molar-refractivity contribution in [3.63, 3.8) is 0 Å². The van der Waals surface area contributed by atoms with Crippen LogP contribution in [0.5, 0.6) is 0 Å². The molecule has 0 aromatic rings. The molecule has 0 heterocycles. The Morgan fingerprint density at radius 3 is 2.67 bits per heavy atom. The van der Waals surface area contributed by atoms with E-state index in [2.05, 4.69) is 4.79 Å². The Kier molecular flexibility index (Phi) is 4.87. The van der Waals surface area contributed by atoms with Gasteiger partial charge in [-0.1, -0.05) is 0 Å². The van der Waals surface area contributed by atoms with Gasteiger partial charge in [-0.3, -0.25) is 4.79 Å². The first-order valence-electron chi connectivity index (χ1n) is 3.42. The molecule has 0 spiro atoms. The van der Waals surface area contributed by atoms with Gasteiger partial charge in [-0.2, -0.15) is 4.79 Å². The summed E-state index contributed by atoms with van der Waals surface area (Å²) in [5.74, 6) is -1.11. The summed E-state index contributed by atoms with van der Waals surface area (Å²) in [6.45, 7) is 0. The van der Waals surface area contributed by atoms with E-state index >= 15 is 0 Å².